The highest BCUT2D eigenvalue weighted by Crippen LogP contribution is 2.47. The number of ether oxygens (including phenoxy) is 1. The van der Waals surface area contributed by atoms with Crippen LogP contribution in [-0.4, -0.2) is 51.8 Å². The molecule has 280 valence electrons. The number of hydrogen-bond acceptors (Lipinski definition) is 5. The lowest BCUT2D eigenvalue weighted by Gasteiger charge is -2.41. The normalized spacial score (nSPS) is 17.8. The van der Waals surface area contributed by atoms with Crippen molar-refractivity contribution in [2.24, 2.45) is 17.3 Å². The predicted octanol–water partition coefficient (Wildman–Crippen LogP) is 10.9. The Morgan fingerprint density at radius 3 is 1.27 bits per heavy atom. The first-order valence-electron chi connectivity index (χ1n) is 20.1. The van der Waals surface area contributed by atoms with Crippen molar-refractivity contribution in [1.82, 2.24) is 0 Å². The Morgan fingerprint density at radius 2 is 1.00 bits per heavy atom. The summed E-state index contributed by atoms with van der Waals surface area (Å²) in [5.74, 6) is 1.27. The minimum Gasteiger partial charge on any atom is -0.464 e. The lowest BCUT2D eigenvalue weighted by atomic mass is 9.66. The van der Waals surface area contributed by atoms with E-state index < -0.39 is 10.8 Å². The van der Waals surface area contributed by atoms with Crippen LogP contribution in [0, 0.1) is 38.0 Å². The molecule has 3 aromatic carbocycles. The van der Waals surface area contributed by atoms with E-state index in [1.54, 1.807) is 0 Å². The van der Waals surface area contributed by atoms with Gasteiger partial charge in [-0.3, -0.25) is 4.79 Å². The van der Waals surface area contributed by atoms with Crippen molar-refractivity contribution >= 4 is 23.0 Å². The van der Waals surface area contributed by atoms with Crippen LogP contribution in [-0.2, 0) is 14.9 Å². The van der Waals surface area contributed by atoms with Gasteiger partial charge in [-0.25, -0.2) is 0 Å². The molecule has 0 aromatic heterocycles. The summed E-state index contributed by atoms with van der Waals surface area (Å²) >= 11 is 0. The Hall–Kier alpha value is -3.47. The fraction of sp³-hybridized carbons (Fsp3) is 0.587. The molecule has 1 aliphatic rings. The molecule has 1 aliphatic carbocycles. The van der Waals surface area contributed by atoms with Gasteiger partial charge in [0.05, 0.1) is 10.8 Å². The third-order valence-corrected chi connectivity index (χ3v) is 12.4. The first-order valence-corrected chi connectivity index (χ1v) is 20.1. The summed E-state index contributed by atoms with van der Waals surface area (Å²) in [5.41, 5.74) is 9.69. The summed E-state index contributed by atoms with van der Waals surface area (Å²) in [6, 6.07) is 20.8. The number of anilines is 3. The first kappa shape index (κ1) is 40.3. The fourth-order valence-corrected chi connectivity index (χ4v) is 8.90. The largest absolute Gasteiger partial charge is 0.464 e. The highest BCUT2D eigenvalue weighted by atomic mass is 16.5. The number of esters is 1. The second-order valence-electron chi connectivity index (χ2n) is 15.6. The summed E-state index contributed by atoms with van der Waals surface area (Å²) in [7, 11) is 0. The van der Waals surface area contributed by atoms with Crippen molar-refractivity contribution in [3.63, 3.8) is 0 Å². The van der Waals surface area contributed by atoms with Gasteiger partial charge in [-0.1, -0.05) is 32.0 Å². The monoisotopic (exact) mass is 696 g/mol. The minimum absolute atomic E-state index is 0.0543. The van der Waals surface area contributed by atoms with Gasteiger partial charge in [0.15, 0.2) is 0 Å². The van der Waals surface area contributed by atoms with Gasteiger partial charge >= 0.3 is 5.97 Å². The summed E-state index contributed by atoms with van der Waals surface area (Å²) in [6.45, 7) is 32.7. The lowest BCUT2D eigenvalue weighted by Crippen LogP contribution is -2.42. The molecular formula is C46H69N3O2. The van der Waals surface area contributed by atoms with Crippen LogP contribution < -0.4 is 14.7 Å². The maximum Gasteiger partial charge on any atom is 0.311 e. The maximum atomic E-state index is 14.4. The standard InChI is InChI=1S/C46H69N3O2/c1-13-47(14-2)38-19-22-41(34(9)29-38)46(42-23-20-39(30-35(42)10)48(15-3)16-4,43-24-21-40(31-36(43)11)49(17-5)18-6)32-51-44(50)45(12)27-25-37(26-28-45)33(7)8/h19-24,29-31,33,37H,13-18,25-28,32H2,1-12H3. The number of rotatable bonds is 16. The molecule has 1 saturated carbocycles. The molecular weight excluding hydrogens is 627 g/mol. The average Bonchev–Trinajstić information content (AvgIpc) is 3.11. The molecule has 0 radical (unpaired) electrons. The maximum absolute atomic E-state index is 14.4. The van der Waals surface area contributed by atoms with E-state index in [9.17, 15) is 4.79 Å². The van der Waals surface area contributed by atoms with Crippen molar-refractivity contribution in [2.75, 3.05) is 60.6 Å². The molecule has 51 heavy (non-hydrogen) atoms. The summed E-state index contributed by atoms with van der Waals surface area (Å²) in [5, 5.41) is 0. The van der Waals surface area contributed by atoms with Gasteiger partial charge in [0.1, 0.15) is 6.61 Å². The Balaban J connectivity index is 1.99. The van der Waals surface area contributed by atoms with E-state index in [0.717, 1.165) is 65.0 Å². The molecule has 3 aromatic rings. The Kier molecular flexibility index (Phi) is 13.7. The van der Waals surface area contributed by atoms with E-state index in [0.29, 0.717) is 11.8 Å². The van der Waals surface area contributed by atoms with Gasteiger partial charge in [0.25, 0.3) is 0 Å². The van der Waals surface area contributed by atoms with Gasteiger partial charge in [-0.05, 0) is 177 Å². The summed E-state index contributed by atoms with van der Waals surface area (Å²) < 4.78 is 6.76. The van der Waals surface area contributed by atoms with Gasteiger partial charge < -0.3 is 19.4 Å². The molecule has 1 fully saturated rings. The van der Waals surface area contributed by atoms with Crippen molar-refractivity contribution in [2.45, 2.75) is 114 Å². The van der Waals surface area contributed by atoms with Crippen molar-refractivity contribution in [1.29, 1.82) is 0 Å². The van der Waals surface area contributed by atoms with Gasteiger partial charge in [-0.15, -0.1) is 0 Å². The predicted molar refractivity (Wildman–Crippen MR) is 220 cm³/mol. The van der Waals surface area contributed by atoms with Crippen LogP contribution in [0.3, 0.4) is 0 Å². The van der Waals surface area contributed by atoms with E-state index in [1.165, 1.54) is 50.4 Å². The third-order valence-electron chi connectivity index (χ3n) is 12.4. The number of nitrogens with zero attached hydrogens (tertiary/aromatic N) is 3. The average molecular weight is 696 g/mol. The SMILES string of the molecule is CCN(CC)c1ccc(C(COC(=O)C2(C)CCC(C(C)C)CC2)(c2ccc(N(CC)CC)cc2C)c2ccc(N(CC)CC)cc2C)c(C)c1. The molecule has 5 nitrogen and oxygen atoms in total. The van der Waals surface area contributed by atoms with Crippen LogP contribution in [0.2, 0.25) is 0 Å². The molecule has 0 saturated heterocycles. The smallest absolute Gasteiger partial charge is 0.311 e. The van der Waals surface area contributed by atoms with Gasteiger partial charge in [0, 0.05) is 56.3 Å². The van der Waals surface area contributed by atoms with Crippen LogP contribution >= 0.6 is 0 Å². The minimum atomic E-state index is -0.717. The number of aryl methyl sites for hydroxylation is 3. The quantitative estimate of drug-likeness (QED) is 0.110. The zero-order valence-corrected chi connectivity index (χ0v) is 34.3. The Morgan fingerprint density at radius 1 is 0.667 bits per heavy atom. The summed E-state index contributed by atoms with van der Waals surface area (Å²) in [6.07, 6.45) is 3.93. The third kappa shape index (κ3) is 8.28. The van der Waals surface area contributed by atoms with E-state index in [2.05, 4.69) is 152 Å². The van der Waals surface area contributed by atoms with E-state index >= 15 is 0 Å². The Labute approximate surface area is 311 Å². The van der Waals surface area contributed by atoms with Crippen LogP contribution in [0.15, 0.2) is 54.6 Å². The van der Waals surface area contributed by atoms with Crippen LogP contribution in [0.1, 0.15) is 121 Å². The number of benzene rings is 3. The molecule has 0 bridgehead atoms. The molecule has 0 aliphatic heterocycles. The lowest BCUT2D eigenvalue weighted by molar-refractivity contribution is -0.158. The molecule has 5 heteroatoms. The molecule has 0 unspecified atom stereocenters. The summed E-state index contributed by atoms with van der Waals surface area (Å²) in [4.78, 5) is 21.6. The van der Waals surface area contributed by atoms with E-state index in [1.807, 2.05) is 0 Å². The van der Waals surface area contributed by atoms with E-state index in [-0.39, 0.29) is 12.6 Å². The van der Waals surface area contributed by atoms with Crippen LogP contribution in [0.4, 0.5) is 17.1 Å². The van der Waals surface area contributed by atoms with Crippen molar-refractivity contribution in [3.8, 4) is 0 Å². The molecule has 4 rings (SSSR count). The van der Waals surface area contributed by atoms with Crippen LogP contribution in [0.25, 0.3) is 0 Å². The fourth-order valence-electron chi connectivity index (χ4n) is 8.90. The molecule has 0 amide bonds. The highest BCUT2D eigenvalue weighted by Gasteiger charge is 2.45. The molecule has 0 heterocycles. The van der Waals surface area contributed by atoms with Crippen molar-refractivity contribution in [3.05, 3.63) is 88.0 Å². The second-order valence-corrected chi connectivity index (χ2v) is 15.6. The zero-order chi connectivity index (χ0) is 37.5. The van der Waals surface area contributed by atoms with Gasteiger partial charge in [-0.2, -0.15) is 0 Å². The molecule has 0 atom stereocenters. The topological polar surface area (TPSA) is 36.0 Å². The molecule has 0 spiro atoms. The Bertz CT molecular complexity index is 1440. The van der Waals surface area contributed by atoms with Crippen LogP contribution in [0.5, 0.6) is 0 Å². The van der Waals surface area contributed by atoms with Gasteiger partial charge in [0.2, 0.25) is 0 Å². The second kappa shape index (κ2) is 17.4. The first-order chi connectivity index (χ1) is 24.3. The van der Waals surface area contributed by atoms with E-state index in [4.69, 9.17) is 4.74 Å². The molecule has 0 N–H and O–H groups in total. The highest BCUT2D eigenvalue weighted by molar-refractivity contribution is 5.77. The number of hydrogen-bond donors (Lipinski definition) is 0. The van der Waals surface area contributed by atoms with Crippen molar-refractivity contribution < 1.29 is 9.53 Å². The zero-order valence-electron chi connectivity index (χ0n) is 34.3. The number of carbonyl (C=O) groups excluding carboxylic acids is 1. The number of carbonyl (C=O) groups is 1.